The highest BCUT2D eigenvalue weighted by molar-refractivity contribution is 6.05. The molecule has 0 aromatic heterocycles. The number of hydrogen-bond acceptors (Lipinski definition) is 5. The molecular weight excluding hydrogens is 326 g/mol. The van der Waals surface area contributed by atoms with Crippen molar-refractivity contribution in [1.82, 2.24) is 10.2 Å². The molecule has 2 rings (SSSR count). The van der Waals surface area contributed by atoms with Gasteiger partial charge in [0, 0.05) is 24.4 Å². The SMILES string of the molecule is C=CCNC(=O)N1C(=O)N=C(C)C(C#N)C1c1cccc([N+](=O)[O-])c1. The molecule has 25 heavy (non-hydrogen) atoms. The predicted octanol–water partition coefficient (Wildman–Crippen LogP) is 2.57. The van der Waals surface area contributed by atoms with Gasteiger partial charge in [0.2, 0.25) is 0 Å². The molecule has 4 amide bonds. The first kappa shape index (κ1) is 17.8. The number of rotatable bonds is 4. The van der Waals surface area contributed by atoms with Crippen molar-refractivity contribution < 1.29 is 14.5 Å². The van der Waals surface area contributed by atoms with Gasteiger partial charge in [-0.3, -0.25) is 10.1 Å². The molecule has 128 valence electrons. The fourth-order valence-electron chi connectivity index (χ4n) is 2.56. The van der Waals surface area contributed by atoms with Crippen LogP contribution in [-0.2, 0) is 0 Å². The minimum Gasteiger partial charge on any atom is -0.334 e. The molecule has 0 aliphatic carbocycles. The number of nitro benzene ring substituents is 1. The van der Waals surface area contributed by atoms with Crippen molar-refractivity contribution in [1.29, 1.82) is 5.26 Å². The number of imide groups is 1. The van der Waals surface area contributed by atoms with Crippen molar-refractivity contribution in [3.63, 3.8) is 0 Å². The van der Waals surface area contributed by atoms with Crippen LogP contribution in [0.15, 0.2) is 41.9 Å². The Morgan fingerprint density at radius 1 is 1.60 bits per heavy atom. The molecule has 0 saturated heterocycles. The summed E-state index contributed by atoms with van der Waals surface area (Å²) in [6.07, 6.45) is 1.44. The van der Waals surface area contributed by atoms with Crippen LogP contribution in [0.25, 0.3) is 0 Å². The van der Waals surface area contributed by atoms with Crippen molar-refractivity contribution in [3.05, 3.63) is 52.6 Å². The third kappa shape index (κ3) is 3.53. The molecule has 1 N–H and O–H groups in total. The lowest BCUT2D eigenvalue weighted by atomic mass is 9.88. The van der Waals surface area contributed by atoms with E-state index in [1.165, 1.54) is 37.3 Å². The van der Waals surface area contributed by atoms with Gasteiger partial charge in [0.25, 0.3) is 5.69 Å². The molecule has 0 bridgehead atoms. The summed E-state index contributed by atoms with van der Waals surface area (Å²) < 4.78 is 0. The Hall–Kier alpha value is -3.54. The standard InChI is InChI=1S/C16H15N5O4/c1-3-7-18-15(22)20-14(13(9-17)10(2)19-16(20)23)11-5-4-6-12(8-11)21(24)25/h3-6,8,13-14H,1,7H2,2H3,(H,18,22). The Labute approximate surface area is 143 Å². The topological polar surface area (TPSA) is 129 Å². The van der Waals surface area contributed by atoms with Crippen molar-refractivity contribution in [2.75, 3.05) is 6.54 Å². The Bertz CT molecular complexity index is 811. The van der Waals surface area contributed by atoms with Crippen LogP contribution in [0.5, 0.6) is 0 Å². The predicted molar refractivity (Wildman–Crippen MR) is 88.9 cm³/mol. The second-order valence-electron chi connectivity index (χ2n) is 5.28. The number of carbonyl (C=O) groups is 2. The van der Waals surface area contributed by atoms with Gasteiger partial charge in [-0.05, 0) is 12.5 Å². The van der Waals surface area contributed by atoms with Crippen molar-refractivity contribution in [3.8, 4) is 6.07 Å². The molecule has 1 aromatic carbocycles. The average molecular weight is 341 g/mol. The number of nitro groups is 1. The van der Waals surface area contributed by atoms with Gasteiger partial charge in [-0.2, -0.15) is 5.26 Å². The first-order chi connectivity index (χ1) is 11.9. The molecule has 1 aliphatic heterocycles. The van der Waals surface area contributed by atoms with E-state index in [2.05, 4.69) is 16.9 Å². The van der Waals surface area contributed by atoms with Crippen molar-refractivity contribution in [2.24, 2.45) is 10.9 Å². The van der Waals surface area contributed by atoms with E-state index >= 15 is 0 Å². The van der Waals surface area contributed by atoms with Crippen LogP contribution in [0, 0.1) is 27.4 Å². The zero-order valence-electron chi connectivity index (χ0n) is 13.4. The Morgan fingerprint density at radius 3 is 2.92 bits per heavy atom. The van der Waals surface area contributed by atoms with Gasteiger partial charge >= 0.3 is 12.1 Å². The summed E-state index contributed by atoms with van der Waals surface area (Å²) in [6, 6.07) is 4.92. The number of aliphatic imine (C=N–C) groups is 1. The van der Waals surface area contributed by atoms with Gasteiger partial charge in [0.1, 0.15) is 5.92 Å². The van der Waals surface area contributed by atoms with E-state index in [9.17, 15) is 25.0 Å². The van der Waals surface area contributed by atoms with Crippen LogP contribution in [0.2, 0.25) is 0 Å². The monoisotopic (exact) mass is 341 g/mol. The largest absolute Gasteiger partial charge is 0.352 e. The highest BCUT2D eigenvalue weighted by Crippen LogP contribution is 2.35. The second-order valence-corrected chi connectivity index (χ2v) is 5.28. The summed E-state index contributed by atoms with van der Waals surface area (Å²) in [4.78, 5) is 39.6. The molecule has 0 radical (unpaired) electrons. The number of nitrogens with zero attached hydrogens (tertiary/aromatic N) is 4. The summed E-state index contributed by atoms with van der Waals surface area (Å²) in [5.74, 6) is -0.908. The number of benzene rings is 1. The fourth-order valence-corrected chi connectivity index (χ4v) is 2.56. The highest BCUT2D eigenvalue weighted by Gasteiger charge is 2.42. The molecule has 1 heterocycles. The van der Waals surface area contributed by atoms with Crippen LogP contribution >= 0.6 is 0 Å². The third-order valence-electron chi connectivity index (χ3n) is 3.70. The molecule has 2 unspecified atom stereocenters. The van der Waals surface area contributed by atoms with E-state index in [-0.39, 0.29) is 17.9 Å². The summed E-state index contributed by atoms with van der Waals surface area (Å²) in [5.41, 5.74) is 0.349. The van der Waals surface area contributed by atoms with Crippen molar-refractivity contribution in [2.45, 2.75) is 13.0 Å². The maximum absolute atomic E-state index is 12.4. The van der Waals surface area contributed by atoms with E-state index in [4.69, 9.17) is 0 Å². The lowest BCUT2D eigenvalue weighted by molar-refractivity contribution is -0.385. The molecular formula is C16H15N5O4. The number of nitriles is 1. The smallest absolute Gasteiger partial charge is 0.334 e. The normalized spacial score (nSPS) is 19.6. The average Bonchev–Trinajstić information content (AvgIpc) is 2.59. The fraction of sp³-hybridized carbons (Fsp3) is 0.250. The first-order valence-electron chi connectivity index (χ1n) is 7.31. The van der Waals surface area contributed by atoms with Crippen LogP contribution in [-0.4, -0.2) is 34.1 Å². The zero-order chi connectivity index (χ0) is 18.6. The first-order valence-corrected chi connectivity index (χ1v) is 7.31. The minimum absolute atomic E-state index is 0.115. The number of nitrogens with one attached hydrogen (secondary N) is 1. The van der Waals surface area contributed by atoms with Gasteiger partial charge in [0.05, 0.1) is 17.0 Å². The van der Waals surface area contributed by atoms with Crippen LogP contribution in [0.3, 0.4) is 0 Å². The molecule has 0 spiro atoms. The minimum atomic E-state index is -1.01. The Balaban J connectivity index is 2.55. The van der Waals surface area contributed by atoms with E-state index in [1.54, 1.807) is 0 Å². The van der Waals surface area contributed by atoms with Gasteiger partial charge in [-0.1, -0.05) is 18.2 Å². The van der Waals surface area contributed by atoms with Gasteiger partial charge < -0.3 is 5.32 Å². The van der Waals surface area contributed by atoms with Crippen molar-refractivity contribution >= 4 is 23.5 Å². The molecule has 1 aromatic rings. The molecule has 0 saturated carbocycles. The molecule has 0 fully saturated rings. The molecule has 9 nitrogen and oxygen atoms in total. The van der Waals surface area contributed by atoms with E-state index in [1.807, 2.05) is 6.07 Å². The molecule has 1 aliphatic rings. The van der Waals surface area contributed by atoms with Crippen LogP contribution in [0.4, 0.5) is 15.3 Å². The summed E-state index contributed by atoms with van der Waals surface area (Å²) in [5, 5.41) is 23.0. The lowest BCUT2D eigenvalue weighted by Gasteiger charge is -2.35. The van der Waals surface area contributed by atoms with Crippen LogP contribution in [0.1, 0.15) is 18.5 Å². The number of urea groups is 2. The number of amides is 4. The maximum atomic E-state index is 12.4. The summed E-state index contributed by atoms with van der Waals surface area (Å²) in [7, 11) is 0. The van der Waals surface area contributed by atoms with E-state index in [0.717, 1.165) is 4.90 Å². The number of hydrogen-bond donors (Lipinski definition) is 1. The quantitative estimate of drug-likeness (QED) is 0.511. The van der Waals surface area contributed by atoms with E-state index < -0.39 is 28.9 Å². The Morgan fingerprint density at radius 2 is 2.32 bits per heavy atom. The number of carbonyl (C=O) groups excluding carboxylic acids is 2. The van der Waals surface area contributed by atoms with Gasteiger partial charge in [-0.15, -0.1) is 6.58 Å². The van der Waals surface area contributed by atoms with Gasteiger partial charge in [0.15, 0.2) is 0 Å². The zero-order valence-corrected chi connectivity index (χ0v) is 13.4. The molecule has 2 atom stereocenters. The lowest BCUT2D eigenvalue weighted by Crippen LogP contribution is -2.50. The van der Waals surface area contributed by atoms with Gasteiger partial charge in [-0.25, -0.2) is 19.5 Å². The van der Waals surface area contributed by atoms with E-state index in [0.29, 0.717) is 5.56 Å². The summed E-state index contributed by atoms with van der Waals surface area (Å²) >= 11 is 0. The van der Waals surface area contributed by atoms with Crippen LogP contribution < -0.4 is 5.32 Å². The summed E-state index contributed by atoms with van der Waals surface area (Å²) in [6.45, 7) is 5.10. The highest BCUT2D eigenvalue weighted by atomic mass is 16.6. The maximum Gasteiger partial charge on any atom is 0.352 e. The third-order valence-corrected chi connectivity index (χ3v) is 3.70. The second kappa shape index (κ2) is 7.35. The molecule has 9 heteroatoms. The number of non-ortho nitro benzene ring substituents is 1. The Kier molecular flexibility index (Phi) is 5.24.